The molecule has 34 heavy (non-hydrogen) atoms. The van der Waals surface area contributed by atoms with E-state index in [4.69, 9.17) is 14.2 Å². The SMILES string of the molecule is COCCOc1ccc2ncnc(Nc3ccc(Oc4ccc5cccnc5c4)c(C)c3)c2c1. The Balaban J connectivity index is 1.36. The zero-order valence-electron chi connectivity index (χ0n) is 19.0. The van der Waals surface area contributed by atoms with E-state index >= 15 is 0 Å². The molecule has 0 radical (unpaired) electrons. The van der Waals surface area contributed by atoms with Crippen molar-refractivity contribution in [2.45, 2.75) is 6.92 Å². The molecule has 170 valence electrons. The maximum atomic E-state index is 6.14. The number of fused-ring (bicyclic) bond motifs is 2. The zero-order valence-corrected chi connectivity index (χ0v) is 19.0. The molecule has 0 saturated heterocycles. The molecule has 0 saturated carbocycles. The van der Waals surface area contributed by atoms with Gasteiger partial charge in [-0.05, 0) is 67.1 Å². The van der Waals surface area contributed by atoms with Crippen LogP contribution in [0.2, 0.25) is 0 Å². The topological polar surface area (TPSA) is 78.4 Å². The number of aromatic nitrogens is 3. The van der Waals surface area contributed by atoms with Crippen LogP contribution in [0, 0.1) is 6.92 Å². The van der Waals surface area contributed by atoms with E-state index in [2.05, 4.69) is 20.3 Å². The minimum Gasteiger partial charge on any atom is -0.491 e. The van der Waals surface area contributed by atoms with Gasteiger partial charge >= 0.3 is 0 Å². The predicted molar refractivity (Wildman–Crippen MR) is 133 cm³/mol. The lowest BCUT2D eigenvalue weighted by Gasteiger charge is -2.13. The molecule has 3 aromatic carbocycles. The lowest BCUT2D eigenvalue weighted by Crippen LogP contribution is -2.04. The number of methoxy groups -OCH3 is 1. The number of hydrogen-bond donors (Lipinski definition) is 1. The number of benzene rings is 3. The molecule has 5 rings (SSSR count). The number of hydrogen-bond acceptors (Lipinski definition) is 7. The first kappa shape index (κ1) is 21.6. The third-order valence-electron chi connectivity index (χ3n) is 5.41. The average molecular weight is 453 g/mol. The van der Waals surface area contributed by atoms with Crippen molar-refractivity contribution < 1.29 is 14.2 Å². The van der Waals surface area contributed by atoms with Gasteiger partial charge in [0.05, 0.1) is 17.6 Å². The fourth-order valence-electron chi connectivity index (χ4n) is 3.68. The molecule has 0 aliphatic heterocycles. The normalized spacial score (nSPS) is 11.0. The largest absolute Gasteiger partial charge is 0.491 e. The number of anilines is 2. The highest BCUT2D eigenvalue weighted by molar-refractivity contribution is 5.91. The molecule has 2 heterocycles. The van der Waals surface area contributed by atoms with Gasteiger partial charge in [-0.1, -0.05) is 6.07 Å². The summed E-state index contributed by atoms with van der Waals surface area (Å²) < 4.78 is 16.9. The van der Waals surface area contributed by atoms with E-state index in [1.54, 1.807) is 19.6 Å². The molecular formula is C27H24N4O3. The van der Waals surface area contributed by atoms with E-state index in [-0.39, 0.29) is 0 Å². The first-order chi connectivity index (χ1) is 16.7. The highest BCUT2D eigenvalue weighted by Crippen LogP contribution is 2.31. The maximum absolute atomic E-state index is 6.14. The second-order valence-corrected chi connectivity index (χ2v) is 7.81. The second kappa shape index (κ2) is 9.72. The van der Waals surface area contributed by atoms with Gasteiger partial charge in [-0.15, -0.1) is 0 Å². The summed E-state index contributed by atoms with van der Waals surface area (Å²) in [5.41, 5.74) is 3.62. The Morgan fingerprint density at radius 1 is 0.824 bits per heavy atom. The summed E-state index contributed by atoms with van der Waals surface area (Å²) in [6.45, 7) is 3.02. The second-order valence-electron chi connectivity index (χ2n) is 7.81. The lowest BCUT2D eigenvalue weighted by molar-refractivity contribution is 0.146. The van der Waals surface area contributed by atoms with Gasteiger partial charge in [0.15, 0.2) is 0 Å². The summed E-state index contributed by atoms with van der Waals surface area (Å²) in [4.78, 5) is 13.2. The van der Waals surface area contributed by atoms with E-state index in [0.29, 0.717) is 19.0 Å². The summed E-state index contributed by atoms with van der Waals surface area (Å²) >= 11 is 0. The van der Waals surface area contributed by atoms with Crippen LogP contribution in [0.1, 0.15) is 5.56 Å². The predicted octanol–water partition coefficient (Wildman–Crippen LogP) is 6.05. The number of rotatable bonds is 8. The Hall–Kier alpha value is -4.23. The Labute approximate surface area is 197 Å². The summed E-state index contributed by atoms with van der Waals surface area (Å²) in [7, 11) is 1.65. The molecule has 0 atom stereocenters. The highest BCUT2D eigenvalue weighted by Gasteiger charge is 2.09. The van der Waals surface area contributed by atoms with Crippen LogP contribution in [0.5, 0.6) is 17.2 Å². The van der Waals surface area contributed by atoms with E-state index in [1.807, 2.05) is 73.7 Å². The smallest absolute Gasteiger partial charge is 0.141 e. The monoisotopic (exact) mass is 452 g/mol. The van der Waals surface area contributed by atoms with Crippen LogP contribution in [0.25, 0.3) is 21.8 Å². The molecule has 7 nitrogen and oxygen atoms in total. The van der Waals surface area contributed by atoms with Crippen molar-refractivity contribution in [1.82, 2.24) is 15.0 Å². The molecule has 0 spiro atoms. The van der Waals surface area contributed by atoms with Gasteiger partial charge in [0.1, 0.15) is 36.0 Å². The van der Waals surface area contributed by atoms with Gasteiger partial charge in [0, 0.05) is 35.8 Å². The summed E-state index contributed by atoms with van der Waals surface area (Å²) in [6, 6.07) is 21.6. The molecule has 0 aliphatic carbocycles. The van der Waals surface area contributed by atoms with Crippen LogP contribution in [-0.2, 0) is 4.74 Å². The minimum atomic E-state index is 0.479. The van der Waals surface area contributed by atoms with Gasteiger partial charge < -0.3 is 19.5 Å². The van der Waals surface area contributed by atoms with Crippen LogP contribution in [0.15, 0.2) is 79.3 Å². The quantitative estimate of drug-likeness (QED) is 0.287. The van der Waals surface area contributed by atoms with Crippen LogP contribution in [0.3, 0.4) is 0 Å². The van der Waals surface area contributed by atoms with Crippen molar-refractivity contribution in [3.63, 3.8) is 0 Å². The van der Waals surface area contributed by atoms with Crippen LogP contribution in [-0.4, -0.2) is 35.3 Å². The number of nitrogens with zero attached hydrogens (tertiary/aromatic N) is 3. The fourth-order valence-corrected chi connectivity index (χ4v) is 3.68. The lowest BCUT2D eigenvalue weighted by atomic mass is 10.1. The maximum Gasteiger partial charge on any atom is 0.141 e. The summed E-state index contributed by atoms with van der Waals surface area (Å²) in [6.07, 6.45) is 3.33. The van der Waals surface area contributed by atoms with E-state index in [0.717, 1.165) is 50.3 Å². The standard InChI is InChI=1S/C27H24N4O3/c1-18-14-20(6-10-26(18)34-22-7-5-19-4-3-11-28-25(19)16-22)31-27-23-15-21(33-13-12-32-2)8-9-24(23)29-17-30-27/h3-11,14-17H,12-13H2,1-2H3,(H,29,30,31). The Morgan fingerprint density at radius 3 is 2.62 bits per heavy atom. The Morgan fingerprint density at radius 2 is 1.74 bits per heavy atom. The van der Waals surface area contributed by atoms with Crippen molar-refractivity contribution in [1.29, 1.82) is 0 Å². The van der Waals surface area contributed by atoms with Crippen LogP contribution < -0.4 is 14.8 Å². The molecule has 5 aromatic rings. The molecule has 0 fully saturated rings. The average Bonchev–Trinajstić information content (AvgIpc) is 2.86. The van der Waals surface area contributed by atoms with E-state index in [9.17, 15) is 0 Å². The molecular weight excluding hydrogens is 428 g/mol. The van der Waals surface area contributed by atoms with Crippen molar-refractivity contribution in [3.8, 4) is 17.2 Å². The number of nitrogens with one attached hydrogen (secondary N) is 1. The van der Waals surface area contributed by atoms with Gasteiger partial charge in [-0.3, -0.25) is 4.98 Å². The molecule has 2 aromatic heterocycles. The van der Waals surface area contributed by atoms with Gasteiger partial charge in [-0.25, -0.2) is 9.97 Å². The van der Waals surface area contributed by atoms with Crippen LogP contribution >= 0.6 is 0 Å². The van der Waals surface area contributed by atoms with Crippen molar-refractivity contribution in [3.05, 3.63) is 84.8 Å². The Bertz CT molecular complexity index is 1460. The first-order valence-electron chi connectivity index (χ1n) is 11.0. The third-order valence-corrected chi connectivity index (χ3v) is 5.41. The molecule has 7 heteroatoms. The third kappa shape index (κ3) is 4.74. The molecule has 1 N–H and O–H groups in total. The molecule has 0 unspecified atom stereocenters. The number of pyridine rings is 1. The first-order valence-corrected chi connectivity index (χ1v) is 11.0. The van der Waals surface area contributed by atoms with Crippen LogP contribution in [0.4, 0.5) is 11.5 Å². The van der Waals surface area contributed by atoms with E-state index < -0.39 is 0 Å². The number of ether oxygens (including phenoxy) is 3. The van der Waals surface area contributed by atoms with E-state index in [1.165, 1.54) is 0 Å². The van der Waals surface area contributed by atoms with Crippen molar-refractivity contribution in [2.24, 2.45) is 0 Å². The summed E-state index contributed by atoms with van der Waals surface area (Å²) in [5.74, 6) is 2.98. The minimum absolute atomic E-state index is 0.479. The van der Waals surface area contributed by atoms with Gasteiger partial charge in [-0.2, -0.15) is 0 Å². The molecule has 0 aliphatic rings. The summed E-state index contributed by atoms with van der Waals surface area (Å²) in [5, 5.41) is 5.35. The molecule has 0 bridgehead atoms. The van der Waals surface area contributed by atoms with Crippen molar-refractivity contribution in [2.75, 3.05) is 25.6 Å². The highest BCUT2D eigenvalue weighted by atomic mass is 16.5. The fraction of sp³-hybridized carbons (Fsp3) is 0.148. The number of aryl methyl sites for hydroxylation is 1. The van der Waals surface area contributed by atoms with Crippen molar-refractivity contribution >= 4 is 33.3 Å². The Kier molecular flexibility index (Phi) is 6.18. The van der Waals surface area contributed by atoms with Gasteiger partial charge in [0.2, 0.25) is 0 Å². The van der Waals surface area contributed by atoms with Gasteiger partial charge in [0.25, 0.3) is 0 Å². The molecule has 0 amide bonds. The zero-order chi connectivity index (χ0) is 23.3.